The van der Waals surface area contributed by atoms with Crippen molar-refractivity contribution in [1.82, 2.24) is 5.32 Å². The van der Waals surface area contributed by atoms with Crippen LogP contribution in [-0.2, 0) is 0 Å². The monoisotopic (exact) mass is 308 g/mol. The molecule has 0 radical (unpaired) electrons. The van der Waals surface area contributed by atoms with Crippen molar-refractivity contribution in [3.63, 3.8) is 0 Å². The van der Waals surface area contributed by atoms with Gasteiger partial charge in [-0.25, -0.2) is 4.79 Å². The lowest BCUT2D eigenvalue weighted by Crippen LogP contribution is -2.31. The Balaban J connectivity index is 2.61. The fourth-order valence-electron chi connectivity index (χ4n) is 1.34. The molecule has 3 N–H and O–H groups in total. The van der Waals surface area contributed by atoms with E-state index < -0.39 is 17.6 Å². The molecule has 0 spiro atoms. The van der Waals surface area contributed by atoms with Crippen molar-refractivity contribution in [2.75, 3.05) is 11.9 Å². The summed E-state index contributed by atoms with van der Waals surface area (Å²) < 4.78 is 37.1. The molecule has 0 aliphatic carbocycles. The number of para-hydroxylation sites is 1. The molecule has 1 aromatic rings. The molecule has 4 nitrogen and oxygen atoms in total. The van der Waals surface area contributed by atoms with Gasteiger partial charge < -0.3 is 15.7 Å². The first-order valence-electron chi connectivity index (χ1n) is 5.85. The summed E-state index contributed by atoms with van der Waals surface area (Å²) in [6.45, 7) is 1.81. The Labute approximate surface area is 118 Å². The number of thioether (sulfide) groups is 1. The van der Waals surface area contributed by atoms with E-state index in [9.17, 15) is 18.0 Å². The van der Waals surface area contributed by atoms with Gasteiger partial charge in [-0.2, -0.15) is 13.2 Å². The number of aliphatic hydroxyl groups is 1. The van der Waals surface area contributed by atoms with Crippen LogP contribution in [0.3, 0.4) is 0 Å². The minimum Gasteiger partial charge on any atom is -0.393 e. The Morgan fingerprint density at radius 3 is 2.65 bits per heavy atom. The van der Waals surface area contributed by atoms with Gasteiger partial charge >= 0.3 is 11.5 Å². The third-order valence-electron chi connectivity index (χ3n) is 2.21. The van der Waals surface area contributed by atoms with E-state index in [4.69, 9.17) is 5.11 Å². The molecule has 0 bridgehead atoms. The first-order chi connectivity index (χ1) is 9.28. The summed E-state index contributed by atoms with van der Waals surface area (Å²) in [5.74, 6) is 0. The summed E-state index contributed by atoms with van der Waals surface area (Å²) in [6, 6.07) is 5.06. The van der Waals surface area contributed by atoms with Gasteiger partial charge in [0.05, 0.1) is 11.8 Å². The summed E-state index contributed by atoms with van der Waals surface area (Å²) in [4.78, 5) is 11.4. The second-order valence-electron chi connectivity index (χ2n) is 4.06. The van der Waals surface area contributed by atoms with Gasteiger partial charge in [0.15, 0.2) is 0 Å². The Morgan fingerprint density at radius 1 is 1.40 bits per heavy atom. The van der Waals surface area contributed by atoms with Gasteiger partial charge in [0.1, 0.15) is 0 Å². The van der Waals surface area contributed by atoms with Crippen molar-refractivity contribution in [1.29, 1.82) is 0 Å². The van der Waals surface area contributed by atoms with Crippen LogP contribution < -0.4 is 10.6 Å². The fraction of sp³-hybridized carbons (Fsp3) is 0.417. The third kappa shape index (κ3) is 6.67. The van der Waals surface area contributed by atoms with Gasteiger partial charge in [-0.15, -0.1) is 0 Å². The topological polar surface area (TPSA) is 61.4 Å². The summed E-state index contributed by atoms with van der Waals surface area (Å²) in [7, 11) is 0. The van der Waals surface area contributed by atoms with Gasteiger partial charge in [-0.1, -0.05) is 12.1 Å². The van der Waals surface area contributed by atoms with E-state index in [-0.39, 0.29) is 28.9 Å². The van der Waals surface area contributed by atoms with Crippen molar-refractivity contribution in [3.8, 4) is 0 Å². The number of aliphatic hydroxyl groups excluding tert-OH is 1. The standard InChI is InChI=1S/C12H15F3N2O2S/c1-8(18)6-7-16-11(19)17-9-4-2-3-5-10(9)20-12(13,14)15/h2-5,8,18H,6-7H2,1H3,(H2,16,17,19). The van der Waals surface area contributed by atoms with Crippen LogP contribution >= 0.6 is 11.8 Å². The van der Waals surface area contributed by atoms with Crippen LogP contribution in [0.15, 0.2) is 29.2 Å². The van der Waals surface area contributed by atoms with Crippen molar-refractivity contribution in [3.05, 3.63) is 24.3 Å². The largest absolute Gasteiger partial charge is 0.446 e. The Bertz CT molecular complexity index is 453. The molecule has 0 aliphatic heterocycles. The minimum atomic E-state index is -4.42. The fourth-order valence-corrected chi connectivity index (χ4v) is 1.97. The maximum Gasteiger partial charge on any atom is 0.446 e. The van der Waals surface area contributed by atoms with Gasteiger partial charge in [0.25, 0.3) is 0 Å². The first kappa shape index (κ1) is 16.6. The molecule has 1 unspecified atom stereocenters. The molecule has 8 heteroatoms. The molecule has 1 rings (SSSR count). The van der Waals surface area contributed by atoms with Crippen molar-refractivity contribution < 1.29 is 23.1 Å². The van der Waals surface area contributed by atoms with E-state index in [0.29, 0.717) is 6.42 Å². The number of carbonyl (C=O) groups is 1. The van der Waals surface area contributed by atoms with Gasteiger partial charge in [-0.3, -0.25) is 0 Å². The molecule has 1 atom stereocenters. The number of halogens is 3. The van der Waals surface area contributed by atoms with E-state index in [0.717, 1.165) is 0 Å². The van der Waals surface area contributed by atoms with Crippen LogP contribution in [0.1, 0.15) is 13.3 Å². The predicted molar refractivity (Wildman–Crippen MR) is 71.7 cm³/mol. The molecule has 0 saturated heterocycles. The van der Waals surface area contributed by atoms with E-state index in [1.165, 1.54) is 24.3 Å². The molecule has 1 aromatic carbocycles. The summed E-state index contributed by atoms with van der Waals surface area (Å²) in [5.41, 5.74) is -4.33. The van der Waals surface area contributed by atoms with Gasteiger partial charge in [-0.05, 0) is 37.2 Å². The lowest BCUT2D eigenvalue weighted by molar-refractivity contribution is -0.0328. The second kappa shape index (κ2) is 7.39. The average molecular weight is 308 g/mol. The normalized spacial score (nSPS) is 12.8. The molecule has 0 fully saturated rings. The van der Waals surface area contributed by atoms with Gasteiger partial charge in [0, 0.05) is 11.4 Å². The predicted octanol–water partition coefficient (Wildman–Crippen LogP) is 3.19. The van der Waals surface area contributed by atoms with Crippen LogP contribution in [0.25, 0.3) is 0 Å². The molecule has 0 aromatic heterocycles. The Kier molecular flexibility index (Phi) is 6.15. The van der Waals surface area contributed by atoms with Crippen molar-refractivity contribution >= 4 is 23.5 Å². The average Bonchev–Trinajstić information content (AvgIpc) is 2.29. The molecular formula is C12H15F3N2O2S. The summed E-state index contributed by atoms with van der Waals surface area (Å²) >= 11 is -0.284. The van der Waals surface area contributed by atoms with Crippen LogP contribution in [0, 0.1) is 0 Å². The number of hydrogen-bond donors (Lipinski definition) is 3. The number of hydrogen-bond acceptors (Lipinski definition) is 3. The van der Waals surface area contributed by atoms with E-state index >= 15 is 0 Å². The Morgan fingerprint density at radius 2 is 2.05 bits per heavy atom. The van der Waals surface area contributed by atoms with Gasteiger partial charge in [0.2, 0.25) is 0 Å². The highest BCUT2D eigenvalue weighted by Gasteiger charge is 2.30. The molecule has 20 heavy (non-hydrogen) atoms. The molecule has 0 aliphatic rings. The SMILES string of the molecule is CC(O)CCNC(=O)Nc1ccccc1SC(F)(F)F. The van der Waals surface area contributed by atoms with Crippen molar-refractivity contribution in [2.24, 2.45) is 0 Å². The molecule has 2 amide bonds. The highest BCUT2D eigenvalue weighted by molar-refractivity contribution is 8.00. The molecular weight excluding hydrogens is 293 g/mol. The maximum absolute atomic E-state index is 12.4. The zero-order valence-corrected chi connectivity index (χ0v) is 11.5. The number of nitrogens with one attached hydrogen (secondary N) is 2. The summed E-state index contributed by atoms with van der Waals surface area (Å²) in [5, 5.41) is 13.8. The van der Waals surface area contributed by atoms with Crippen molar-refractivity contribution in [2.45, 2.75) is 29.9 Å². The smallest absolute Gasteiger partial charge is 0.393 e. The van der Waals surface area contributed by atoms with Crippen LogP contribution in [0.5, 0.6) is 0 Å². The van der Waals surface area contributed by atoms with E-state index in [1.807, 2.05) is 0 Å². The van der Waals surface area contributed by atoms with Crippen LogP contribution in [0.4, 0.5) is 23.7 Å². The number of rotatable bonds is 5. The van der Waals surface area contributed by atoms with E-state index in [2.05, 4.69) is 10.6 Å². The zero-order chi connectivity index (χ0) is 15.2. The second-order valence-corrected chi connectivity index (χ2v) is 5.17. The third-order valence-corrected chi connectivity index (χ3v) is 3.02. The molecule has 0 saturated carbocycles. The number of benzene rings is 1. The highest BCUT2D eigenvalue weighted by Crippen LogP contribution is 2.40. The molecule has 112 valence electrons. The highest BCUT2D eigenvalue weighted by atomic mass is 32.2. The quantitative estimate of drug-likeness (QED) is 0.732. The van der Waals surface area contributed by atoms with E-state index in [1.54, 1.807) is 6.92 Å². The number of alkyl halides is 3. The first-order valence-corrected chi connectivity index (χ1v) is 6.67. The minimum absolute atomic E-state index is 0.0781. The molecule has 0 heterocycles. The summed E-state index contributed by atoms with van der Waals surface area (Å²) in [6.07, 6.45) is -0.185. The number of amides is 2. The number of anilines is 1. The zero-order valence-electron chi connectivity index (χ0n) is 10.7. The number of urea groups is 1. The lowest BCUT2D eigenvalue weighted by Gasteiger charge is -2.13. The van der Waals surface area contributed by atoms with Crippen LogP contribution in [-0.4, -0.2) is 29.3 Å². The number of carbonyl (C=O) groups excluding carboxylic acids is 1. The lowest BCUT2D eigenvalue weighted by atomic mass is 10.3. The van der Waals surface area contributed by atoms with Crippen LogP contribution in [0.2, 0.25) is 0 Å². The Hall–Kier alpha value is -1.41. The maximum atomic E-state index is 12.4.